The molecule has 1 aromatic carbocycles. The number of para-hydroxylation sites is 2. The molecule has 13 heteroatoms. The highest BCUT2D eigenvalue weighted by Gasteiger charge is 2.25. The number of halogens is 2. The molecule has 1 saturated heterocycles. The average Bonchev–Trinajstić information content (AvgIpc) is 3.30. The first-order chi connectivity index (χ1) is 17.9. The van der Waals surface area contributed by atoms with Crippen molar-refractivity contribution in [1.82, 2.24) is 34.4 Å². The molecule has 37 heavy (non-hydrogen) atoms. The number of imidazole rings is 1. The van der Waals surface area contributed by atoms with Crippen LogP contribution < -0.4 is 16.0 Å². The smallest absolute Gasteiger partial charge is 0.296 e. The van der Waals surface area contributed by atoms with Crippen molar-refractivity contribution in [2.75, 3.05) is 69.4 Å². The Bertz CT molecular complexity index is 1390. The maximum atomic E-state index is 14.1. The zero-order valence-electron chi connectivity index (χ0n) is 20.6. The molecular weight excluding hydrogens is 482 g/mol. The first kappa shape index (κ1) is 24.7. The first-order valence-electron chi connectivity index (χ1n) is 11.9. The van der Waals surface area contributed by atoms with Crippen molar-refractivity contribution in [3.8, 4) is 17.3 Å². The van der Waals surface area contributed by atoms with Crippen molar-refractivity contribution in [2.24, 2.45) is 0 Å². The molecule has 3 N–H and O–H groups in total. The second kappa shape index (κ2) is 10.6. The number of fused-ring (bicyclic) bond motifs is 1. The molecule has 194 valence electrons. The van der Waals surface area contributed by atoms with Crippen LogP contribution in [0.3, 0.4) is 0 Å². The van der Waals surface area contributed by atoms with Crippen LogP contribution in [-0.4, -0.2) is 87.9 Å². The van der Waals surface area contributed by atoms with Gasteiger partial charge in [-0.3, -0.25) is 4.57 Å². The van der Waals surface area contributed by atoms with Crippen molar-refractivity contribution in [1.29, 1.82) is 0 Å². The fourth-order valence-corrected chi connectivity index (χ4v) is 4.07. The van der Waals surface area contributed by atoms with Crippen molar-refractivity contribution in [3.05, 3.63) is 42.4 Å². The number of anilines is 3. The van der Waals surface area contributed by atoms with Crippen LogP contribution in [0.25, 0.3) is 28.4 Å². The van der Waals surface area contributed by atoms with Crippen molar-refractivity contribution >= 4 is 28.5 Å². The maximum absolute atomic E-state index is 14.1. The molecule has 0 spiro atoms. The molecular formula is C24H28F2N10O. The Balaban J connectivity index is 1.69. The van der Waals surface area contributed by atoms with E-state index in [0.717, 1.165) is 6.54 Å². The summed E-state index contributed by atoms with van der Waals surface area (Å²) < 4.78 is 35.0. The predicted molar refractivity (Wildman–Crippen MR) is 137 cm³/mol. The highest BCUT2D eigenvalue weighted by atomic mass is 19.3. The average molecular weight is 511 g/mol. The van der Waals surface area contributed by atoms with Gasteiger partial charge in [0, 0.05) is 26.2 Å². The zero-order chi connectivity index (χ0) is 25.9. The van der Waals surface area contributed by atoms with Gasteiger partial charge in [-0.2, -0.15) is 15.0 Å². The van der Waals surface area contributed by atoms with Gasteiger partial charge in [0.15, 0.2) is 11.6 Å². The third-order valence-corrected chi connectivity index (χ3v) is 5.89. The van der Waals surface area contributed by atoms with E-state index in [2.05, 4.69) is 25.3 Å². The van der Waals surface area contributed by atoms with Gasteiger partial charge in [0.1, 0.15) is 5.82 Å². The first-order valence-corrected chi connectivity index (χ1v) is 11.9. The van der Waals surface area contributed by atoms with Gasteiger partial charge in [-0.25, -0.2) is 18.7 Å². The predicted octanol–water partition coefficient (Wildman–Crippen LogP) is 2.60. The van der Waals surface area contributed by atoms with Gasteiger partial charge < -0.3 is 25.6 Å². The molecule has 1 fully saturated rings. The van der Waals surface area contributed by atoms with E-state index in [-0.39, 0.29) is 11.8 Å². The van der Waals surface area contributed by atoms with Crippen LogP contribution in [0.15, 0.2) is 36.5 Å². The molecule has 1 aliphatic rings. The number of ether oxygens (including phenoxy) is 1. The number of alkyl halides is 2. The minimum atomic E-state index is -2.84. The molecule has 0 unspecified atom stereocenters. The Morgan fingerprint density at radius 3 is 2.59 bits per heavy atom. The van der Waals surface area contributed by atoms with E-state index < -0.39 is 12.2 Å². The van der Waals surface area contributed by atoms with Gasteiger partial charge in [0.2, 0.25) is 11.9 Å². The number of nitrogens with two attached hydrogens (primary N) is 1. The highest BCUT2D eigenvalue weighted by Crippen LogP contribution is 2.31. The second-order valence-electron chi connectivity index (χ2n) is 8.85. The summed E-state index contributed by atoms with van der Waals surface area (Å²) in [6.45, 7) is 3.50. The van der Waals surface area contributed by atoms with E-state index in [1.807, 2.05) is 23.9 Å². The number of hydrogen-bond donors (Lipinski definition) is 2. The number of benzene rings is 1. The van der Waals surface area contributed by atoms with Gasteiger partial charge in [-0.1, -0.05) is 12.1 Å². The number of nitrogen functional groups attached to an aromatic ring is 1. The molecule has 1 aliphatic heterocycles. The minimum absolute atomic E-state index is 0.0390. The molecule has 3 aromatic heterocycles. The largest absolute Gasteiger partial charge is 0.397 e. The molecule has 4 heterocycles. The van der Waals surface area contributed by atoms with Crippen molar-refractivity contribution in [2.45, 2.75) is 6.43 Å². The summed E-state index contributed by atoms with van der Waals surface area (Å²) in [6.07, 6.45) is -1.29. The van der Waals surface area contributed by atoms with Crippen LogP contribution in [0.4, 0.5) is 26.2 Å². The van der Waals surface area contributed by atoms with Gasteiger partial charge in [-0.15, -0.1) is 0 Å². The summed E-state index contributed by atoms with van der Waals surface area (Å²) in [6, 6.07) is 8.61. The number of hydrogen-bond acceptors (Lipinski definition) is 10. The van der Waals surface area contributed by atoms with E-state index in [4.69, 9.17) is 15.5 Å². The Labute approximate surface area is 212 Å². The molecule has 0 amide bonds. The van der Waals surface area contributed by atoms with Crippen molar-refractivity contribution in [3.63, 3.8) is 0 Å². The number of rotatable bonds is 8. The van der Waals surface area contributed by atoms with Crippen LogP contribution in [0.2, 0.25) is 0 Å². The third-order valence-electron chi connectivity index (χ3n) is 5.89. The quantitative estimate of drug-likeness (QED) is 0.366. The number of pyridine rings is 1. The number of aromatic nitrogens is 6. The topological polar surface area (TPSA) is 123 Å². The van der Waals surface area contributed by atoms with Crippen LogP contribution >= 0.6 is 0 Å². The normalized spacial score (nSPS) is 14.2. The number of morpholine rings is 1. The lowest BCUT2D eigenvalue weighted by Gasteiger charge is -2.27. The summed E-state index contributed by atoms with van der Waals surface area (Å²) in [5.74, 6) is 0.740. The lowest BCUT2D eigenvalue weighted by atomic mass is 10.2. The molecule has 0 atom stereocenters. The van der Waals surface area contributed by atoms with Gasteiger partial charge in [-0.05, 0) is 32.3 Å². The molecule has 11 nitrogen and oxygen atoms in total. The molecule has 0 saturated carbocycles. The van der Waals surface area contributed by atoms with Gasteiger partial charge in [0.25, 0.3) is 6.43 Å². The zero-order valence-corrected chi connectivity index (χ0v) is 20.6. The van der Waals surface area contributed by atoms with Crippen LogP contribution in [-0.2, 0) is 4.74 Å². The lowest BCUT2D eigenvalue weighted by Crippen LogP contribution is -2.37. The fraction of sp³-hybridized carbons (Fsp3) is 0.375. The van der Waals surface area contributed by atoms with E-state index in [0.29, 0.717) is 66.9 Å². The summed E-state index contributed by atoms with van der Waals surface area (Å²) >= 11 is 0. The van der Waals surface area contributed by atoms with Gasteiger partial charge in [0.05, 0.1) is 41.7 Å². The summed E-state index contributed by atoms with van der Waals surface area (Å²) in [7, 11) is 3.95. The monoisotopic (exact) mass is 510 g/mol. The summed E-state index contributed by atoms with van der Waals surface area (Å²) in [4.78, 5) is 26.6. The Hall–Kier alpha value is -3.97. The molecule has 4 aromatic rings. The lowest BCUT2D eigenvalue weighted by molar-refractivity contribution is 0.122. The van der Waals surface area contributed by atoms with E-state index in [9.17, 15) is 8.78 Å². The van der Waals surface area contributed by atoms with Crippen LogP contribution in [0.1, 0.15) is 12.2 Å². The summed E-state index contributed by atoms with van der Waals surface area (Å²) in [5.41, 5.74) is 7.94. The van der Waals surface area contributed by atoms with E-state index in [1.165, 1.54) is 4.57 Å². The fourth-order valence-electron chi connectivity index (χ4n) is 4.07. The Kier molecular flexibility index (Phi) is 7.06. The number of likely N-dealkylation sites (N-methyl/N-ethyl adjacent to an activating group) is 1. The Morgan fingerprint density at radius 2 is 1.84 bits per heavy atom. The standard InChI is InChI=1S/C24H28F2N10O/c1-34(2)8-7-28-20-16(13-15(27)14-29-20)21-31-23(35-9-11-37-12-10-35)33-24(32-21)36-18-6-4-3-5-17(18)30-22(36)19(25)26/h3-6,13-14,19H,7-12,27H2,1-2H3,(H,28,29). The maximum Gasteiger partial charge on any atom is 0.296 e. The highest BCUT2D eigenvalue weighted by molar-refractivity contribution is 5.78. The van der Waals surface area contributed by atoms with E-state index in [1.54, 1.807) is 36.5 Å². The Morgan fingerprint density at radius 1 is 1.08 bits per heavy atom. The number of nitrogens with zero attached hydrogens (tertiary/aromatic N) is 8. The summed E-state index contributed by atoms with van der Waals surface area (Å²) in [5, 5.41) is 3.30. The second-order valence-corrected chi connectivity index (χ2v) is 8.85. The SMILES string of the molecule is CN(C)CCNc1ncc(N)cc1-c1nc(N2CCOCC2)nc(-n2c(C(F)F)nc3ccccc32)n1. The molecule has 0 radical (unpaired) electrons. The third kappa shape index (κ3) is 5.27. The van der Waals surface area contributed by atoms with E-state index >= 15 is 0 Å². The molecule has 5 rings (SSSR count). The van der Waals surface area contributed by atoms with Gasteiger partial charge >= 0.3 is 0 Å². The van der Waals surface area contributed by atoms with Crippen molar-refractivity contribution < 1.29 is 13.5 Å². The molecule has 0 aliphatic carbocycles. The molecule has 0 bridgehead atoms. The number of nitrogens with one attached hydrogen (secondary N) is 1. The van der Waals surface area contributed by atoms with Crippen LogP contribution in [0, 0.1) is 0 Å². The minimum Gasteiger partial charge on any atom is -0.397 e. The van der Waals surface area contributed by atoms with Crippen LogP contribution in [0.5, 0.6) is 0 Å².